The number of nitrogens with one attached hydrogen (secondary N) is 3. The van der Waals surface area contributed by atoms with Crippen LogP contribution in [0.5, 0.6) is 0 Å². The Balaban J connectivity index is 2.21. The van der Waals surface area contributed by atoms with Crippen LogP contribution in [0.25, 0.3) is 11.0 Å². The standard InChI is InChI=1S/C18H26N6OS/c1-4-6-8-20-14(25)11-26-18-13(10-19)15-16(21-9-7-5-2)22-12(3)23-17(15)24-18/h4-9,11H2,1-3H3,(H,20,25)(H2,21,22,23,24). The quantitative estimate of drug-likeness (QED) is 0.435. The number of nitrogens with zero attached hydrogens (tertiary/aromatic N) is 3. The second-order valence-electron chi connectivity index (χ2n) is 6.06. The van der Waals surface area contributed by atoms with Crippen molar-refractivity contribution < 1.29 is 4.79 Å². The maximum absolute atomic E-state index is 11.9. The number of rotatable bonds is 10. The normalized spacial score (nSPS) is 10.7. The van der Waals surface area contributed by atoms with E-state index in [4.69, 9.17) is 0 Å². The third kappa shape index (κ3) is 5.11. The molecule has 0 radical (unpaired) electrons. The smallest absolute Gasteiger partial charge is 0.230 e. The van der Waals surface area contributed by atoms with Gasteiger partial charge >= 0.3 is 0 Å². The lowest BCUT2D eigenvalue weighted by Gasteiger charge is -2.07. The minimum atomic E-state index is -0.0328. The third-order valence-electron chi connectivity index (χ3n) is 3.86. The molecular formula is C18H26N6OS. The topological polar surface area (TPSA) is 106 Å². The highest BCUT2D eigenvalue weighted by Gasteiger charge is 2.18. The Hall–Kier alpha value is -2.27. The summed E-state index contributed by atoms with van der Waals surface area (Å²) >= 11 is 1.32. The SMILES string of the molecule is CCCCNC(=O)CSc1[nH]c2nc(C)nc(NCCCC)c2c1C#N. The van der Waals surface area contributed by atoms with E-state index >= 15 is 0 Å². The summed E-state index contributed by atoms with van der Waals surface area (Å²) in [4.78, 5) is 24.0. The van der Waals surface area contributed by atoms with Crippen molar-refractivity contribution in [2.75, 3.05) is 24.2 Å². The molecule has 1 amide bonds. The molecule has 8 heteroatoms. The first kappa shape index (κ1) is 20.0. The van der Waals surface area contributed by atoms with E-state index in [1.54, 1.807) is 0 Å². The van der Waals surface area contributed by atoms with Crippen LogP contribution in [0.4, 0.5) is 5.82 Å². The van der Waals surface area contributed by atoms with E-state index in [9.17, 15) is 10.1 Å². The van der Waals surface area contributed by atoms with Crippen LogP contribution in [0.3, 0.4) is 0 Å². The molecular weight excluding hydrogens is 348 g/mol. The van der Waals surface area contributed by atoms with Gasteiger partial charge in [0.25, 0.3) is 0 Å². The number of nitriles is 1. The van der Waals surface area contributed by atoms with Crippen molar-refractivity contribution in [1.82, 2.24) is 20.3 Å². The molecule has 2 rings (SSSR count). The van der Waals surface area contributed by atoms with E-state index in [2.05, 4.69) is 45.5 Å². The summed E-state index contributed by atoms with van der Waals surface area (Å²) in [6, 6.07) is 2.24. The summed E-state index contributed by atoms with van der Waals surface area (Å²) in [6.45, 7) is 7.51. The van der Waals surface area contributed by atoms with Gasteiger partial charge in [-0.15, -0.1) is 0 Å². The molecule has 0 bridgehead atoms. The Labute approximate surface area is 158 Å². The fourth-order valence-electron chi connectivity index (χ4n) is 2.50. The summed E-state index contributed by atoms with van der Waals surface area (Å²) in [5, 5.41) is 17.2. The predicted octanol–water partition coefficient (Wildman–Crippen LogP) is 3.36. The molecule has 3 N–H and O–H groups in total. The van der Waals surface area contributed by atoms with Gasteiger partial charge in [-0.25, -0.2) is 9.97 Å². The average Bonchev–Trinajstić information content (AvgIpc) is 2.97. The van der Waals surface area contributed by atoms with Crippen molar-refractivity contribution in [3.05, 3.63) is 11.4 Å². The second kappa shape index (κ2) is 10.0. The molecule has 0 aliphatic rings. The molecule has 2 heterocycles. The van der Waals surface area contributed by atoms with Gasteiger partial charge in [0.1, 0.15) is 23.4 Å². The molecule has 0 aliphatic heterocycles. The van der Waals surface area contributed by atoms with Gasteiger partial charge in [0, 0.05) is 13.1 Å². The molecule has 0 saturated heterocycles. The largest absolute Gasteiger partial charge is 0.369 e. The van der Waals surface area contributed by atoms with Crippen molar-refractivity contribution >= 4 is 34.5 Å². The van der Waals surface area contributed by atoms with Gasteiger partial charge < -0.3 is 15.6 Å². The highest BCUT2D eigenvalue weighted by Crippen LogP contribution is 2.32. The lowest BCUT2D eigenvalue weighted by atomic mass is 10.2. The molecule has 2 aromatic rings. The summed E-state index contributed by atoms with van der Waals surface area (Å²) in [5.41, 5.74) is 1.12. The molecule has 0 aromatic carbocycles. The summed E-state index contributed by atoms with van der Waals surface area (Å²) in [6.07, 6.45) is 4.11. The monoisotopic (exact) mass is 374 g/mol. The van der Waals surface area contributed by atoms with Crippen molar-refractivity contribution in [3.8, 4) is 6.07 Å². The minimum Gasteiger partial charge on any atom is -0.369 e. The van der Waals surface area contributed by atoms with Crippen molar-refractivity contribution in [3.63, 3.8) is 0 Å². The van der Waals surface area contributed by atoms with Crippen LogP contribution in [0.2, 0.25) is 0 Å². The van der Waals surface area contributed by atoms with Crippen molar-refractivity contribution in [2.45, 2.75) is 51.5 Å². The molecule has 2 aromatic heterocycles. The zero-order valence-electron chi connectivity index (χ0n) is 15.6. The molecule has 0 unspecified atom stereocenters. The molecule has 0 aliphatic carbocycles. The van der Waals surface area contributed by atoms with Crippen molar-refractivity contribution in [2.24, 2.45) is 0 Å². The highest BCUT2D eigenvalue weighted by molar-refractivity contribution is 8.00. The predicted molar refractivity (Wildman–Crippen MR) is 105 cm³/mol. The van der Waals surface area contributed by atoms with E-state index in [0.717, 1.165) is 32.2 Å². The van der Waals surface area contributed by atoms with Gasteiger partial charge in [-0.1, -0.05) is 38.5 Å². The van der Waals surface area contributed by atoms with Crippen LogP contribution >= 0.6 is 11.8 Å². The van der Waals surface area contributed by atoms with Gasteiger partial charge in [0.15, 0.2) is 0 Å². The van der Waals surface area contributed by atoms with Gasteiger partial charge in [-0.3, -0.25) is 4.79 Å². The number of anilines is 1. The minimum absolute atomic E-state index is 0.0328. The molecule has 26 heavy (non-hydrogen) atoms. The van der Waals surface area contributed by atoms with E-state index < -0.39 is 0 Å². The maximum atomic E-state index is 11.9. The third-order valence-corrected chi connectivity index (χ3v) is 4.87. The molecule has 0 atom stereocenters. The van der Waals surface area contributed by atoms with Crippen LogP contribution < -0.4 is 10.6 Å². The van der Waals surface area contributed by atoms with Gasteiger partial charge in [0.05, 0.1) is 21.7 Å². The Bertz CT molecular complexity index is 795. The molecule has 0 fully saturated rings. The van der Waals surface area contributed by atoms with Crippen LogP contribution in [0, 0.1) is 18.3 Å². The number of unbranched alkanes of at least 4 members (excludes halogenated alkanes) is 2. The number of aryl methyl sites for hydroxylation is 1. The van der Waals surface area contributed by atoms with E-state index in [-0.39, 0.29) is 11.7 Å². The lowest BCUT2D eigenvalue weighted by Crippen LogP contribution is -2.26. The number of H-pyrrole nitrogens is 1. The first-order valence-electron chi connectivity index (χ1n) is 9.04. The van der Waals surface area contributed by atoms with E-state index in [1.165, 1.54) is 11.8 Å². The number of carbonyl (C=O) groups excluding carboxylic acids is 1. The summed E-state index contributed by atoms with van der Waals surface area (Å²) in [5.74, 6) is 1.54. The fourth-order valence-corrected chi connectivity index (χ4v) is 3.34. The molecule has 140 valence electrons. The van der Waals surface area contributed by atoms with Gasteiger partial charge in [-0.05, 0) is 19.8 Å². The molecule has 0 saturated carbocycles. The number of aromatic amines is 1. The molecule has 0 spiro atoms. The van der Waals surface area contributed by atoms with Crippen LogP contribution in [0.15, 0.2) is 5.03 Å². The van der Waals surface area contributed by atoms with E-state index in [1.807, 2.05) is 6.92 Å². The highest BCUT2D eigenvalue weighted by atomic mass is 32.2. The number of amides is 1. The zero-order chi connectivity index (χ0) is 18.9. The van der Waals surface area contributed by atoms with Gasteiger partial charge in [0.2, 0.25) is 5.91 Å². The Morgan fingerprint density at radius 3 is 2.65 bits per heavy atom. The Kier molecular flexibility index (Phi) is 7.73. The zero-order valence-corrected chi connectivity index (χ0v) is 16.4. The first-order chi connectivity index (χ1) is 12.6. The van der Waals surface area contributed by atoms with Gasteiger partial charge in [-0.2, -0.15) is 5.26 Å². The second-order valence-corrected chi connectivity index (χ2v) is 7.04. The number of carbonyl (C=O) groups is 1. The number of hydrogen-bond acceptors (Lipinski definition) is 6. The fraction of sp³-hybridized carbons (Fsp3) is 0.556. The average molecular weight is 375 g/mol. The number of aromatic nitrogens is 3. The number of hydrogen-bond donors (Lipinski definition) is 3. The van der Waals surface area contributed by atoms with Crippen molar-refractivity contribution in [1.29, 1.82) is 5.26 Å². The van der Waals surface area contributed by atoms with Crippen LogP contribution in [0.1, 0.15) is 50.9 Å². The Morgan fingerprint density at radius 1 is 1.23 bits per heavy atom. The number of thioether (sulfide) groups is 1. The summed E-state index contributed by atoms with van der Waals surface area (Å²) in [7, 11) is 0. The van der Waals surface area contributed by atoms with Crippen LogP contribution in [-0.2, 0) is 4.79 Å². The first-order valence-corrected chi connectivity index (χ1v) is 10.0. The lowest BCUT2D eigenvalue weighted by molar-refractivity contribution is -0.118. The van der Waals surface area contributed by atoms with E-state index in [0.29, 0.717) is 39.8 Å². The number of fused-ring (bicyclic) bond motifs is 1. The summed E-state index contributed by atoms with van der Waals surface area (Å²) < 4.78 is 0. The Morgan fingerprint density at radius 2 is 1.96 bits per heavy atom. The van der Waals surface area contributed by atoms with Crippen LogP contribution in [-0.4, -0.2) is 39.7 Å². The molecule has 7 nitrogen and oxygen atoms in total. The maximum Gasteiger partial charge on any atom is 0.230 e.